The molecule has 3 aromatic rings. The number of carbonyl (C=O) groups is 2. The van der Waals surface area contributed by atoms with E-state index < -0.39 is 0 Å². The van der Waals surface area contributed by atoms with Crippen LogP contribution in [0.25, 0.3) is 5.69 Å². The van der Waals surface area contributed by atoms with Gasteiger partial charge in [-0.15, -0.1) is 11.3 Å². The Balaban J connectivity index is 1.76. The fourth-order valence-electron chi connectivity index (χ4n) is 2.65. The first kappa shape index (κ1) is 17.4. The van der Waals surface area contributed by atoms with Crippen LogP contribution in [0.1, 0.15) is 31.4 Å². The van der Waals surface area contributed by atoms with Gasteiger partial charge in [-0.1, -0.05) is 18.2 Å². The Labute approximate surface area is 157 Å². The Hall–Kier alpha value is -2.38. The summed E-state index contributed by atoms with van der Waals surface area (Å²) in [5.74, 6) is -0.694. The van der Waals surface area contributed by atoms with E-state index in [0.29, 0.717) is 10.4 Å². The molecule has 0 aliphatic carbocycles. The van der Waals surface area contributed by atoms with E-state index in [9.17, 15) is 9.59 Å². The Morgan fingerprint density at radius 3 is 2.32 bits per heavy atom. The second kappa shape index (κ2) is 7.25. The van der Waals surface area contributed by atoms with Gasteiger partial charge < -0.3 is 4.57 Å². The zero-order valence-corrected chi connectivity index (χ0v) is 16.1. The third kappa shape index (κ3) is 3.67. The first-order chi connectivity index (χ1) is 12.0. The minimum Gasteiger partial charge on any atom is -0.318 e. The molecular weight excluding hydrogens is 402 g/mol. The molecule has 0 fully saturated rings. The quantitative estimate of drug-likeness (QED) is 0.632. The molecule has 0 saturated heterocycles. The minimum atomic E-state index is -0.348. The highest BCUT2D eigenvalue weighted by molar-refractivity contribution is 9.11. The van der Waals surface area contributed by atoms with E-state index in [1.807, 2.05) is 54.8 Å². The number of hydrogen-bond acceptors (Lipinski definition) is 3. The summed E-state index contributed by atoms with van der Waals surface area (Å²) in [5.41, 5.74) is 8.20. The number of halogens is 1. The molecule has 0 atom stereocenters. The van der Waals surface area contributed by atoms with Gasteiger partial charge in [0.15, 0.2) is 0 Å². The van der Waals surface area contributed by atoms with E-state index in [2.05, 4.69) is 26.8 Å². The Kier molecular flexibility index (Phi) is 5.06. The molecule has 0 aliphatic rings. The summed E-state index contributed by atoms with van der Waals surface area (Å²) in [7, 11) is 0. The SMILES string of the molecule is Cc1cc(C(=O)NNC(=O)c2ccc(Br)s2)c(C)n1-c1ccccc1. The van der Waals surface area contributed by atoms with Crippen LogP contribution in [0.5, 0.6) is 0 Å². The predicted octanol–water partition coefficient (Wildman–Crippen LogP) is 3.99. The second-order valence-electron chi connectivity index (χ2n) is 5.47. The molecule has 25 heavy (non-hydrogen) atoms. The van der Waals surface area contributed by atoms with Crippen LogP contribution in [0.4, 0.5) is 0 Å². The van der Waals surface area contributed by atoms with Gasteiger partial charge in [-0.2, -0.15) is 0 Å². The number of aryl methyl sites for hydroxylation is 1. The molecule has 128 valence electrons. The topological polar surface area (TPSA) is 63.1 Å². The van der Waals surface area contributed by atoms with Crippen LogP contribution in [-0.4, -0.2) is 16.4 Å². The predicted molar refractivity (Wildman–Crippen MR) is 102 cm³/mol. The van der Waals surface area contributed by atoms with Gasteiger partial charge in [-0.25, -0.2) is 0 Å². The number of nitrogens with zero attached hydrogens (tertiary/aromatic N) is 1. The van der Waals surface area contributed by atoms with Crippen molar-refractivity contribution in [2.45, 2.75) is 13.8 Å². The standard InChI is InChI=1S/C18H16BrN3O2S/c1-11-10-14(12(2)22(11)13-6-4-3-5-7-13)17(23)20-21-18(24)15-8-9-16(19)25-15/h3-10H,1-2H3,(H,20,23)(H,21,24). The Bertz CT molecular complexity index is 931. The number of hydrazine groups is 1. The summed E-state index contributed by atoms with van der Waals surface area (Å²) in [6.45, 7) is 3.83. The normalized spacial score (nSPS) is 10.5. The molecule has 1 aromatic carbocycles. The van der Waals surface area contributed by atoms with Gasteiger partial charge in [0.1, 0.15) is 0 Å². The maximum Gasteiger partial charge on any atom is 0.279 e. The average molecular weight is 418 g/mol. The number of benzene rings is 1. The van der Waals surface area contributed by atoms with Crippen molar-refractivity contribution >= 4 is 39.1 Å². The molecule has 2 aromatic heterocycles. The molecule has 2 heterocycles. The van der Waals surface area contributed by atoms with E-state index >= 15 is 0 Å². The van der Waals surface area contributed by atoms with Crippen LogP contribution >= 0.6 is 27.3 Å². The molecule has 0 radical (unpaired) electrons. The van der Waals surface area contributed by atoms with Crippen molar-refractivity contribution in [3.8, 4) is 5.69 Å². The molecule has 0 bridgehead atoms. The average Bonchev–Trinajstić information content (AvgIpc) is 3.16. The van der Waals surface area contributed by atoms with E-state index in [1.54, 1.807) is 12.1 Å². The molecule has 3 rings (SSSR count). The van der Waals surface area contributed by atoms with Gasteiger partial charge in [0, 0.05) is 17.1 Å². The number of thiophene rings is 1. The van der Waals surface area contributed by atoms with Crippen LogP contribution in [0, 0.1) is 13.8 Å². The van der Waals surface area contributed by atoms with Crippen LogP contribution < -0.4 is 10.9 Å². The lowest BCUT2D eigenvalue weighted by molar-refractivity contribution is 0.0848. The number of aromatic nitrogens is 1. The van der Waals surface area contributed by atoms with Gasteiger partial charge >= 0.3 is 0 Å². The second-order valence-corrected chi connectivity index (χ2v) is 7.93. The van der Waals surface area contributed by atoms with Crippen molar-refractivity contribution in [2.75, 3.05) is 0 Å². The zero-order chi connectivity index (χ0) is 18.0. The van der Waals surface area contributed by atoms with Crippen molar-refractivity contribution in [2.24, 2.45) is 0 Å². The van der Waals surface area contributed by atoms with Crippen LogP contribution in [0.15, 0.2) is 52.3 Å². The zero-order valence-electron chi connectivity index (χ0n) is 13.7. The molecule has 0 unspecified atom stereocenters. The van der Waals surface area contributed by atoms with Gasteiger partial charge in [-0.3, -0.25) is 20.4 Å². The molecular formula is C18H16BrN3O2S. The number of amides is 2. The van der Waals surface area contributed by atoms with Crippen molar-refractivity contribution < 1.29 is 9.59 Å². The minimum absolute atomic E-state index is 0.346. The van der Waals surface area contributed by atoms with Crippen LogP contribution in [0.3, 0.4) is 0 Å². The molecule has 0 saturated carbocycles. The lowest BCUT2D eigenvalue weighted by atomic mass is 10.2. The summed E-state index contributed by atoms with van der Waals surface area (Å²) >= 11 is 4.61. The van der Waals surface area contributed by atoms with E-state index in [0.717, 1.165) is 20.9 Å². The molecule has 2 amide bonds. The highest BCUT2D eigenvalue weighted by Gasteiger charge is 2.17. The number of carbonyl (C=O) groups excluding carboxylic acids is 2. The summed E-state index contributed by atoms with van der Waals surface area (Å²) in [5, 5.41) is 0. The van der Waals surface area contributed by atoms with Crippen LogP contribution in [-0.2, 0) is 0 Å². The maximum absolute atomic E-state index is 12.5. The van der Waals surface area contributed by atoms with Crippen LogP contribution in [0.2, 0.25) is 0 Å². The third-order valence-corrected chi connectivity index (χ3v) is 5.40. The maximum atomic E-state index is 12.5. The van der Waals surface area contributed by atoms with Crippen molar-refractivity contribution in [1.29, 1.82) is 0 Å². The summed E-state index contributed by atoms with van der Waals surface area (Å²) in [4.78, 5) is 25.0. The van der Waals surface area contributed by atoms with Crippen molar-refractivity contribution in [1.82, 2.24) is 15.4 Å². The Morgan fingerprint density at radius 2 is 1.68 bits per heavy atom. The largest absolute Gasteiger partial charge is 0.318 e. The van der Waals surface area contributed by atoms with Crippen molar-refractivity contribution in [3.05, 3.63) is 74.1 Å². The lowest BCUT2D eigenvalue weighted by Crippen LogP contribution is -2.41. The van der Waals surface area contributed by atoms with E-state index in [1.165, 1.54) is 11.3 Å². The molecule has 5 nitrogen and oxygen atoms in total. The lowest BCUT2D eigenvalue weighted by Gasteiger charge is -2.10. The first-order valence-electron chi connectivity index (χ1n) is 7.58. The Morgan fingerprint density at radius 1 is 1.00 bits per heavy atom. The molecule has 0 spiro atoms. The van der Waals surface area contributed by atoms with E-state index in [4.69, 9.17) is 0 Å². The number of hydrogen-bond donors (Lipinski definition) is 2. The van der Waals surface area contributed by atoms with Gasteiger partial charge in [-0.05, 0) is 60.1 Å². The summed E-state index contributed by atoms with van der Waals surface area (Å²) < 4.78 is 2.86. The smallest absolute Gasteiger partial charge is 0.279 e. The molecule has 2 N–H and O–H groups in total. The van der Waals surface area contributed by atoms with Gasteiger partial charge in [0.25, 0.3) is 11.8 Å². The summed E-state index contributed by atoms with van der Waals surface area (Å²) in [6.07, 6.45) is 0. The molecule has 7 heteroatoms. The highest BCUT2D eigenvalue weighted by Crippen LogP contribution is 2.22. The monoisotopic (exact) mass is 417 g/mol. The van der Waals surface area contributed by atoms with Crippen molar-refractivity contribution in [3.63, 3.8) is 0 Å². The number of rotatable bonds is 3. The fraction of sp³-hybridized carbons (Fsp3) is 0.111. The first-order valence-corrected chi connectivity index (χ1v) is 9.18. The third-order valence-electron chi connectivity index (χ3n) is 3.78. The van der Waals surface area contributed by atoms with E-state index in [-0.39, 0.29) is 11.8 Å². The number of para-hydroxylation sites is 1. The number of nitrogens with one attached hydrogen (secondary N) is 2. The fourth-order valence-corrected chi connectivity index (χ4v) is 3.93. The van der Waals surface area contributed by atoms with Gasteiger partial charge in [0.05, 0.1) is 14.2 Å². The highest BCUT2D eigenvalue weighted by atomic mass is 79.9. The molecule has 0 aliphatic heterocycles. The van der Waals surface area contributed by atoms with Gasteiger partial charge in [0.2, 0.25) is 0 Å². The summed E-state index contributed by atoms with van der Waals surface area (Å²) in [6, 6.07) is 15.1.